The predicted molar refractivity (Wildman–Crippen MR) is 82.0 cm³/mol. The fraction of sp³-hybridized carbons (Fsp3) is 0.235. The molecule has 0 saturated carbocycles. The van der Waals surface area contributed by atoms with Gasteiger partial charge in [-0.3, -0.25) is 14.6 Å². The first-order chi connectivity index (χ1) is 11.1. The molecule has 5 nitrogen and oxygen atoms in total. The molecule has 1 aromatic heterocycles. The predicted octanol–water partition coefficient (Wildman–Crippen LogP) is 2.43. The van der Waals surface area contributed by atoms with E-state index < -0.39 is 5.97 Å². The van der Waals surface area contributed by atoms with E-state index in [9.17, 15) is 14.0 Å². The SMILES string of the molecule is COC(=O)CCN(Cc1ccc(F)cc1)C(=O)c1ccncc1. The van der Waals surface area contributed by atoms with E-state index in [0.29, 0.717) is 5.56 Å². The zero-order chi connectivity index (χ0) is 16.7. The molecule has 1 heterocycles. The molecule has 120 valence electrons. The molecule has 1 aromatic carbocycles. The smallest absolute Gasteiger partial charge is 0.307 e. The number of esters is 1. The minimum absolute atomic E-state index is 0.0918. The van der Waals surface area contributed by atoms with Crippen LogP contribution in [0.5, 0.6) is 0 Å². The Morgan fingerprint density at radius 2 is 1.78 bits per heavy atom. The van der Waals surface area contributed by atoms with Gasteiger partial charge in [-0.15, -0.1) is 0 Å². The zero-order valence-electron chi connectivity index (χ0n) is 12.7. The number of aromatic nitrogens is 1. The standard InChI is InChI=1S/C17H17FN2O3/c1-23-16(21)8-11-20(12-13-2-4-15(18)5-3-13)17(22)14-6-9-19-10-7-14/h2-7,9-10H,8,11-12H2,1H3. The van der Waals surface area contributed by atoms with E-state index in [0.717, 1.165) is 5.56 Å². The molecule has 6 heteroatoms. The van der Waals surface area contributed by atoms with Crippen molar-refractivity contribution in [3.05, 3.63) is 65.7 Å². The summed E-state index contributed by atoms with van der Waals surface area (Å²) in [5, 5.41) is 0. The third-order valence-electron chi connectivity index (χ3n) is 3.31. The highest BCUT2D eigenvalue weighted by Crippen LogP contribution is 2.11. The third kappa shape index (κ3) is 4.88. The van der Waals surface area contributed by atoms with Crippen molar-refractivity contribution in [3.8, 4) is 0 Å². The lowest BCUT2D eigenvalue weighted by Gasteiger charge is -2.22. The average molecular weight is 316 g/mol. The van der Waals surface area contributed by atoms with Crippen LogP contribution in [0, 0.1) is 5.82 Å². The number of rotatable bonds is 6. The summed E-state index contributed by atoms with van der Waals surface area (Å²) in [6.45, 7) is 0.490. The number of carbonyl (C=O) groups is 2. The van der Waals surface area contributed by atoms with Crippen molar-refractivity contribution in [3.63, 3.8) is 0 Å². The summed E-state index contributed by atoms with van der Waals surface area (Å²) in [6.07, 6.45) is 3.15. The monoisotopic (exact) mass is 316 g/mol. The topological polar surface area (TPSA) is 59.5 Å². The number of carbonyl (C=O) groups excluding carboxylic acids is 2. The highest BCUT2D eigenvalue weighted by molar-refractivity contribution is 5.94. The second-order valence-corrected chi connectivity index (χ2v) is 4.92. The van der Waals surface area contributed by atoms with Crippen LogP contribution in [-0.4, -0.2) is 35.4 Å². The van der Waals surface area contributed by atoms with E-state index in [1.807, 2.05) is 0 Å². The van der Waals surface area contributed by atoms with Crippen molar-refractivity contribution in [2.75, 3.05) is 13.7 Å². The summed E-state index contributed by atoms with van der Waals surface area (Å²) in [7, 11) is 1.30. The summed E-state index contributed by atoms with van der Waals surface area (Å²) in [5.74, 6) is -0.951. The summed E-state index contributed by atoms with van der Waals surface area (Å²) >= 11 is 0. The number of benzene rings is 1. The van der Waals surface area contributed by atoms with E-state index in [-0.39, 0.29) is 31.2 Å². The third-order valence-corrected chi connectivity index (χ3v) is 3.31. The lowest BCUT2D eigenvalue weighted by atomic mass is 10.1. The molecule has 1 amide bonds. The molecule has 2 rings (SSSR count). The van der Waals surface area contributed by atoms with E-state index in [2.05, 4.69) is 9.72 Å². The van der Waals surface area contributed by atoms with Crippen molar-refractivity contribution >= 4 is 11.9 Å². The number of amides is 1. The van der Waals surface area contributed by atoms with Crippen LogP contribution >= 0.6 is 0 Å². The maximum Gasteiger partial charge on any atom is 0.307 e. The van der Waals surface area contributed by atoms with Gasteiger partial charge in [0.15, 0.2) is 0 Å². The summed E-state index contributed by atoms with van der Waals surface area (Å²) in [5.41, 5.74) is 1.26. The number of pyridine rings is 1. The summed E-state index contributed by atoms with van der Waals surface area (Å²) in [4.78, 5) is 29.4. The number of nitrogens with zero attached hydrogens (tertiary/aromatic N) is 2. The van der Waals surface area contributed by atoms with Crippen LogP contribution < -0.4 is 0 Å². The van der Waals surface area contributed by atoms with Crippen LogP contribution in [-0.2, 0) is 16.1 Å². The second kappa shape index (κ2) is 8.03. The van der Waals surface area contributed by atoms with Gasteiger partial charge in [0.05, 0.1) is 13.5 Å². The molecule has 0 aliphatic rings. The Balaban J connectivity index is 2.15. The maximum absolute atomic E-state index is 13.0. The van der Waals surface area contributed by atoms with E-state index in [1.54, 1.807) is 24.3 Å². The van der Waals surface area contributed by atoms with Crippen molar-refractivity contribution < 1.29 is 18.7 Å². The molecule has 0 radical (unpaired) electrons. The Morgan fingerprint density at radius 1 is 1.13 bits per heavy atom. The maximum atomic E-state index is 13.0. The number of hydrogen-bond donors (Lipinski definition) is 0. The van der Waals surface area contributed by atoms with Gasteiger partial charge in [0.2, 0.25) is 0 Å². The van der Waals surface area contributed by atoms with E-state index in [4.69, 9.17) is 0 Å². The fourth-order valence-electron chi connectivity index (χ4n) is 2.07. The zero-order valence-corrected chi connectivity index (χ0v) is 12.7. The van der Waals surface area contributed by atoms with Crippen molar-refractivity contribution in [1.82, 2.24) is 9.88 Å². The molecule has 0 unspecified atom stereocenters. The highest BCUT2D eigenvalue weighted by atomic mass is 19.1. The van der Waals surface area contributed by atoms with Crippen LogP contribution in [0.25, 0.3) is 0 Å². The Bertz CT molecular complexity index is 659. The molecule has 0 atom stereocenters. The number of halogens is 1. The van der Waals surface area contributed by atoms with E-state index >= 15 is 0 Å². The summed E-state index contributed by atoms with van der Waals surface area (Å²) in [6, 6.07) is 9.12. The van der Waals surface area contributed by atoms with Gasteiger partial charge >= 0.3 is 5.97 Å². The Kier molecular flexibility index (Phi) is 5.80. The Labute approximate surface area is 133 Å². The van der Waals surface area contributed by atoms with Crippen LogP contribution in [0.15, 0.2) is 48.8 Å². The minimum Gasteiger partial charge on any atom is -0.469 e. The fourth-order valence-corrected chi connectivity index (χ4v) is 2.07. The molecular weight excluding hydrogens is 299 g/mol. The largest absolute Gasteiger partial charge is 0.469 e. The quantitative estimate of drug-likeness (QED) is 0.768. The molecule has 0 saturated heterocycles. The van der Waals surface area contributed by atoms with Gasteiger partial charge in [0.1, 0.15) is 5.82 Å². The lowest BCUT2D eigenvalue weighted by Crippen LogP contribution is -2.32. The van der Waals surface area contributed by atoms with Gasteiger partial charge in [-0.05, 0) is 29.8 Å². The van der Waals surface area contributed by atoms with Gasteiger partial charge in [-0.25, -0.2) is 4.39 Å². The highest BCUT2D eigenvalue weighted by Gasteiger charge is 2.17. The molecular formula is C17H17FN2O3. The van der Waals surface area contributed by atoms with Gasteiger partial charge in [0.25, 0.3) is 5.91 Å². The normalized spacial score (nSPS) is 10.2. The van der Waals surface area contributed by atoms with Crippen molar-refractivity contribution in [2.24, 2.45) is 0 Å². The molecule has 0 bridgehead atoms. The molecule has 0 N–H and O–H groups in total. The minimum atomic E-state index is -0.392. The van der Waals surface area contributed by atoms with Gasteiger partial charge in [-0.2, -0.15) is 0 Å². The average Bonchev–Trinajstić information content (AvgIpc) is 2.60. The van der Waals surface area contributed by atoms with Gasteiger partial charge < -0.3 is 9.64 Å². The first-order valence-corrected chi connectivity index (χ1v) is 7.10. The van der Waals surface area contributed by atoms with Crippen LogP contribution in [0.3, 0.4) is 0 Å². The Hall–Kier alpha value is -2.76. The number of hydrogen-bond acceptors (Lipinski definition) is 4. The molecule has 2 aromatic rings. The first kappa shape index (κ1) is 16.6. The molecule has 0 fully saturated rings. The molecule has 0 spiro atoms. The molecule has 23 heavy (non-hydrogen) atoms. The Morgan fingerprint density at radius 3 is 2.39 bits per heavy atom. The molecule has 0 aliphatic heterocycles. The molecule has 0 aliphatic carbocycles. The van der Waals surface area contributed by atoms with Crippen LogP contribution in [0.1, 0.15) is 22.3 Å². The van der Waals surface area contributed by atoms with Crippen LogP contribution in [0.2, 0.25) is 0 Å². The lowest BCUT2D eigenvalue weighted by molar-refractivity contribution is -0.140. The van der Waals surface area contributed by atoms with Crippen LogP contribution in [0.4, 0.5) is 4.39 Å². The first-order valence-electron chi connectivity index (χ1n) is 7.10. The van der Waals surface area contributed by atoms with Gasteiger partial charge in [0, 0.05) is 31.0 Å². The second-order valence-electron chi connectivity index (χ2n) is 4.92. The number of ether oxygens (including phenoxy) is 1. The van der Waals surface area contributed by atoms with Gasteiger partial charge in [-0.1, -0.05) is 12.1 Å². The van der Waals surface area contributed by atoms with E-state index in [1.165, 1.54) is 36.5 Å². The number of methoxy groups -OCH3 is 1. The van der Waals surface area contributed by atoms with Crippen molar-refractivity contribution in [1.29, 1.82) is 0 Å². The van der Waals surface area contributed by atoms with Crippen molar-refractivity contribution in [2.45, 2.75) is 13.0 Å². The summed E-state index contributed by atoms with van der Waals surface area (Å²) < 4.78 is 17.6.